The van der Waals surface area contributed by atoms with Crippen LogP contribution in [0.25, 0.3) is 0 Å². The normalized spacial score (nSPS) is 15.9. The van der Waals surface area contributed by atoms with E-state index in [0.29, 0.717) is 11.5 Å². The van der Waals surface area contributed by atoms with Gasteiger partial charge in [0.15, 0.2) is 9.84 Å². The Hall–Kier alpha value is -2.75. The zero-order valence-corrected chi connectivity index (χ0v) is 19.6. The van der Waals surface area contributed by atoms with Gasteiger partial charge in [-0.1, -0.05) is 18.2 Å². The highest BCUT2D eigenvalue weighted by atomic mass is 32.2. The van der Waals surface area contributed by atoms with E-state index in [1.54, 1.807) is 12.1 Å². The highest BCUT2D eigenvalue weighted by molar-refractivity contribution is 7.92. The molecule has 3 aromatic rings. The summed E-state index contributed by atoms with van der Waals surface area (Å²) in [6.07, 6.45) is 0.348. The van der Waals surface area contributed by atoms with Crippen LogP contribution in [0.2, 0.25) is 0 Å². The first-order valence-corrected chi connectivity index (χ1v) is 13.5. The summed E-state index contributed by atoms with van der Waals surface area (Å²) < 4.78 is 72.1. The molecule has 174 valence electrons. The van der Waals surface area contributed by atoms with Crippen molar-refractivity contribution in [1.82, 2.24) is 4.31 Å². The first-order chi connectivity index (χ1) is 15.7. The minimum absolute atomic E-state index is 0.0504. The second-order valence-electron chi connectivity index (χ2n) is 7.94. The van der Waals surface area contributed by atoms with Crippen LogP contribution >= 0.6 is 0 Å². The molecule has 1 heterocycles. The molecule has 0 amide bonds. The largest absolute Gasteiger partial charge is 0.457 e. The highest BCUT2D eigenvalue weighted by Crippen LogP contribution is 2.30. The van der Waals surface area contributed by atoms with Gasteiger partial charge in [-0.15, -0.1) is 0 Å². The van der Waals surface area contributed by atoms with E-state index < -0.39 is 30.9 Å². The molecule has 9 heteroatoms. The van der Waals surface area contributed by atoms with E-state index in [-0.39, 0.29) is 35.7 Å². The van der Waals surface area contributed by atoms with E-state index in [1.165, 1.54) is 28.6 Å². The van der Waals surface area contributed by atoms with Gasteiger partial charge in [-0.3, -0.25) is 0 Å². The number of nitrogens with zero attached hydrogens (tertiary/aromatic N) is 1. The third-order valence-electron chi connectivity index (χ3n) is 5.76. The van der Waals surface area contributed by atoms with Crippen molar-refractivity contribution in [3.8, 4) is 11.5 Å². The number of para-hydroxylation sites is 1. The van der Waals surface area contributed by atoms with Gasteiger partial charge in [0.05, 0.1) is 15.0 Å². The van der Waals surface area contributed by atoms with Gasteiger partial charge in [-0.05, 0) is 79.9 Å². The van der Waals surface area contributed by atoms with Crippen LogP contribution in [0.1, 0.15) is 18.4 Å². The Kier molecular flexibility index (Phi) is 6.56. The van der Waals surface area contributed by atoms with Gasteiger partial charge < -0.3 is 4.74 Å². The quantitative estimate of drug-likeness (QED) is 0.475. The maximum Gasteiger partial charge on any atom is 0.243 e. The van der Waals surface area contributed by atoms with Crippen molar-refractivity contribution in [1.29, 1.82) is 0 Å². The van der Waals surface area contributed by atoms with Crippen molar-refractivity contribution in [3.05, 3.63) is 84.2 Å². The standard InChI is InChI=1S/C24H24FNO5S2/c1-18-4-2-3-5-24(18)31-20-8-12-23(13-9-20)33(29,30)26-16-14-22(15-17-26)32(27,28)21-10-6-19(25)7-11-21/h2-13,22H,14-17H2,1H3. The van der Waals surface area contributed by atoms with Crippen LogP contribution in [0.5, 0.6) is 11.5 Å². The molecule has 0 unspecified atom stereocenters. The van der Waals surface area contributed by atoms with E-state index in [2.05, 4.69) is 0 Å². The Balaban J connectivity index is 1.43. The van der Waals surface area contributed by atoms with Gasteiger partial charge >= 0.3 is 0 Å². The van der Waals surface area contributed by atoms with Crippen LogP contribution in [0, 0.1) is 12.7 Å². The molecule has 1 aliphatic rings. The predicted octanol–water partition coefficient (Wildman–Crippen LogP) is 4.55. The van der Waals surface area contributed by atoms with E-state index >= 15 is 0 Å². The first kappa shape index (κ1) is 23.4. The number of halogens is 1. The summed E-state index contributed by atoms with van der Waals surface area (Å²) in [5.74, 6) is 0.704. The Morgan fingerprint density at radius 3 is 2.00 bits per heavy atom. The highest BCUT2D eigenvalue weighted by Gasteiger charge is 2.35. The van der Waals surface area contributed by atoms with Crippen LogP contribution in [-0.2, 0) is 19.9 Å². The molecule has 0 saturated carbocycles. The minimum atomic E-state index is -3.77. The lowest BCUT2D eigenvalue weighted by atomic mass is 10.2. The van der Waals surface area contributed by atoms with Crippen molar-refractivity contribution >= 4 is 19.9 Å². The molecule has 33 heavy (non-hydrogen) atoms. The molecular formula is C24H24FNO5S2. The van der Waals surface area contributed by atoms with E-state index in [4.69, 9.17) is 4.74 Å². The van der Waals surface area contributed by atoms with Crippen LogP contribution in [0.3, 0.4) is 0 Å². The lowest BCUT2D eigenvalue weighted by molar-refractivity contribution is 0.345. The molecule has 1 saturated heterocycles. The zero-order chi connectivity index (χ0) is 23.6. The van der Waals surface area contributed by atoms with Gasteiger partial charge in [0.25, 0.3) is 0 Å². The number of ether oxygens (including phenoxy) is 1. The van der Waals surface area contributed by atoms with Crippen LogP contribution < -0.4 is 4.74 Å². The van der Waals surface area contributed by atoms with Gasteiger partial charge in [0.2, 0.25) is 10.0 Å². The molecule has 0 radical (unpaired) electrons. The molecule has 0 bridgehead atoms. The van der Waals surface area contributed by atoms with Gasteiger partial charge in [0.1, 0.15) is 17.3 Å². The first-order valence-electron chi connectivity index (χ1n) is 10.5. The maximum absolute atomic E-state index is 13.1. The molecule has 1 fully saturated rings. The summed E-state index contributed by atoms with van der Waals surface area (Å²) in [5, 5.41) is -0.709. The predicted molar refractivity (Wildman–Crippen MR) is 123 cm³/mol. The Bertz CT molecular complexity index is 1330. The van der Waals surface area contributed by atoms with Crippen molar-refractivity contribution in [2.45, 2.75) is 34.8 Å². The summed E-state index contributed by atoms with van der Waals surface area (Å²) in [6, 6.07) is 18.4. The minimum Gasteiger partial charge on any atom is -0.457 e. The van der Waals surface area contributed by atoms with Gasteiger partial charge in [0, 0.05) is 13.1 Å². The van der Waals surface area contributed by atoms with E-state index in [1.807, 2.05) is 31.2 Å². The number of sulfone groups is 1. The molecule has 0 aromatic heterocycles. The zero-order valence-electron chi connectivity index (χ0n) is 18.0. The number of hydrogen-bond acceptors (Lipinski definition) is 5. The second-order valence-corrected chi connectivity index (χ2v) is 12.1. The number of aryl methyl sites for hydroxylation is 1. The fourth-order valence-corrected chi connectivity index (χ4v) is 7.03. The van der Waals surface area contributed by atoms with Crippen molar-refractivity contribution in [2.75, 3.05) is 13.1 Å². The number of hydrogen-bond donors (Lipinski definition) is 0. The summed E-state index contributed by atoms with van der Waals surface area (Å²) in [6.45, 7) is 2.11. The summed E-state index contributed by atoms with van der Waals surface area (Å²) >= 11 is 0. The molecular weight excluding hydrogens is 465 g/mol. The fourth-order valence-electron chi connectivity index (χ4n) is 3.83. The third kappa shape index (κ3) is 4.95. The molecule has 1 aliphatic heterocycles. The van der Waals surface area contributed by atoms with Crippen molar-refractivity contribution < 1.29 is 26.0 Å². The molecule has 4 rings (SSSR count). The molecule has 6 nitrogen and oxygen atoms in total. The SMILES string of the molecule is Cc1ccccc1Oc1ccc(S(=O)(=O)N2CCC(S(=O)(=O)c3ccc(F)cc3)CC2)cc1. The second kappa shape index (κ2) is 9.24. The van der Waals surface area contributed by atoms with Crippen molar-refractivity contribution in [2.24, 2.45) is 0 Å². The molecule has 3 aromatic carbocycles. The lowest BCUT2D eigenvalue weighted by Gasteiger charge is -2.31. The van der Waals surface area contributed by atoms with Gasteiger partial charge in [-0.2, -0.15) is 4.31 Å². The maximum atomic E-state index is 13.1. The molecule has 0 spiro atoms. The van der Waals surface area contributed by atoms with Crippen molar-refractivity contribution in [3.63, 3.8) is 0 Å². The van der Waals surface area contributed by atoms with Crippen LogP contribution in [-0.4, -0.2) is 39.5 Å². The fraction of sp³-hybridized carbons (Fsp3) is 0.250. The van der Waals surface area contributed by atoms with E-state index in [9.17, 15) is 21.2 Å². The number of benzene rings is 3. The smallest absolute Gasteiger partial charge is 0.243 e. The van der Waals surface area contributed by atoms with E-state index in [0.717, 1.165) is 17.7 Å². The van der Waals surface area contributed by atoms with Gasteiger partial charge in [-0.25, -0.2) is 21.2 Å². The molecule has 0 N–H and O–H groups in total. The Morgan fingerprint density at radius 1 is 0.818 bits per heavy atom. The Morgan fingerprint density at radius 2 is 1.39 bits per heavy atom. The third-order valence-corrected chi connectivity index (χ3v) is 9.96. The summed E-state index contributed by atoms with van der Waals surface area (Å²) in [4.78, 5) is 0.175. The number of piperidine rings is 1. The summed E-state index contributed by atoms with van der Waals surface area (Å²) in [7, 11) is -7.42. The van der Waals surface area contributed by atoms with Crippen LogP contribution in [0.15, 0.2) is 82.6 Å². The monoisotopic (exact) mass is 489 g/mol. The molecule has 0 atom stereocenters. The average Bonchev–Trinajstić information content (AvgIpc) is 2.81. The van der Waals surface area contributed by atoms with Crippen LogP contribution in [0.4, 0.5) is 4.39 Å². The topological polar surface area (TPSA) is 80.8 Å². The lowest BCUT2D eigenvalue weighted by Crippen LogP contribution is -2.42. The average molecular weight is 490 g/mol. The molecule has 0 aliphatic carbocycles. The Labute approximate surface area is 193 Å². The summed E-state index contributed by atoms with van der Waals surface area (Å²) in [5.41, 5.74) is 0.965. The number of sulfonamides is 1. The number of rotatable bonds is 6.